The minimum atomic E-state index is -0.913. The van der Waals surface area contributed by atoms with Crippen molar-refractivity contribution < 1.29 is 24.5 Å². The maximum atomic E-state index is 13.4. The van der Waals surface area contributed by atoms with Gasteiger partial charge >= 0.3 is 0 Å². The van der Waals surface area contributed by atoms with Gasteiger partial charge in [0, 0.05) is 16.8 Å². The van der Waals surface area contributed by atoms with E-state index in [9.17, 15) is 19.8 Å². The highest BCUT2D eigenvalue weighted by atomic mass is 16.5. The van der Waals surface area contributed by atoms with Crippen molar-refractivity contribution in [2.75, 3.05) is 12.0 Å². The molecule has 1 unspecified atom stereocenters. The summed E-state index contributed by atoms with van der Waals surface area (Å²) in [4.78, 5) is 28.1. The maximum absolute atomic E-state index is 13.4. The highest BCUT2D eigenvalue weighted by molar-refractivity contribution is 6.51. The van der Waals surface area contributed by atoms with Gasteiger partial charge in [0.05, 0.1) is 18.7 Å². The summed E-state index contributed by atoms with van der Waals surface area (Å²) in [5.74, 6) is -1.14. The van der Waals surface area contributed by atoms with Crippen LogP contribution >= 0.6 is 0 Å². The molecule has 0 saturated carbocycles. The predicted molar refractivity (Wildman–Crippen MR) is 136 cm³/mol. The number of Topliss-reactive ketones (excluding diaryl/α,β-unsaturated/α-hetero) is 1. The van der Waals surface area contributed by atoms with Gasteiger partial charge in [0.25, 0.3) is 11.7 Å². The average Bonchev–Trinajstić information content (AvgIpc) is 3.08. The number of ether oxygens (including phenoxy) is 1. The first-order valence-electron chi connectivity index (χ1n) is 11.4. The highest BCUT2D eigenvalue weighted by Gasteiger charge is 2.47. The van der Waals surface area contributed by atoms with Crippen LogP contribution in [0, 0.1) is 6.92 Å². The Morgan fingerprint density at radius 1 is 0.971 bits per heavy atom. The lowest BCUT2D eigenvalue weighted by Gasteiger charge is -2.26. The SMILES string of the molecule is COc1ccc(/C(O)=C2/C(=O)C(=O)N(c3cccc(C)c3)C2c2cccc(O)c2)cc1C(C)(C)C. The van der Waals surface area contributed by atoms with Gasteiger partial charge in [-0.2, -0.15) is 0 Å². The first kappa shape index (κ1) is 24.1. The summed E-state index contributed by atoms with van der Waals surface area (Å²) >= 11 is 0. The molecule has 2 N–H and O–H groups in total. The highest BCUT2D eigenvalue weighted by Crippen LogP contribution is 2.43. The molecule has 0 bridgehead atoms. The van der Waals surface area contributed by atoms with E-state index >= 15 is 0 Å². The smallest absolute Gasteiger partial charge is 0.300 e. The van der Waals surface area contributed by atoms with Crippen molar-refractivity contribution in [3.63, 3.8) is 0 Å². The number of nitrogens with zero attached hydrogens (tertiary/aromatic N) is 1. The molecule has 3 aromatic carbocycles. The van der Waals surface area contributed by atoms with Gasteiger partial charge in [-0.3, -0.25) is 14.5 Å². The number of phenols is 1. The number of ketones is 1. The second kappa shape index (κ2) is 8.95. The number of phenolic OH excluding ortho intramolecular Hbond substituents is 1. The van der Waals surface area contributed by atoms with Crippen LogP contribution in [-0.4, -0.2) is 29.0 Å². The Labute approximate surface area is 205 Å². The molecule has 1 saturated heterocycles. The van der Waals surface area contributed by atoms with Crippen LogP contribution in [0.25, 0.3) is 5.76 Å². The Kier molecular flexibility index (Phi) is 6.15. The molecule has 35 heavy (non-hydrogen) atoms. The Bertz CT molecular complexity index is 1350. The van der Waals surface area contributed by atoms with Crippen molar-refractivity contribution >= 4 is 23.1 Å². The van der Waals surface area contributed by atoms with E-state index in [1.54, 1.807) is 43.5 Å². The molecule has 4 rings (SSSR count). The molecular weight excluding hydrogens is 442 g/mol. The van der Waals surface area contributed by atoms with Crippen LogP contribution in [0.2, 0.25) is 0 Å². The number of aryl methyl sites for hydroxylation is 1. The number of aliphatic hydroxyl groups is 1. The lowest BCUT2D eigenvalue weighted by Crippen LogP contribution is -2.29. The number of hydrogen-bond acceptors (Lipinski definition) is 5. The molecule has 3 aromatic rings. The van der Waals surface area contributed by atoms with E-state index in [0.29, 0.717) is 22.6 Å². The molecule has 0 spiro atoms. The Hall–Kier alpha value is -4.06. The third-order valence-corrected chi connectivity index (χ3v) is 6.19. The average molecular weight is 472 g/mol. The monoisotopic (exact) mass is 471 g/mol. The molecule has 0 aliphatic carbocycles. The summed E-state index contributed by atoms with van der Waals surface area (Å²) in [7, 11) is 1.58. The number of methoxy groups -OCH3 is 1. The minimum Gasteiger partial charge on any atom is -0.508 e. The molecule has 1 heterocycles. The van der Waals surface area contributed by atoms with Crippen molar-refractivity contribution in [3.8, 4) is 11.5 Å². The molecule has 1 amide bonds. The van der Waals surface area contributed by atoms with Gasteiger partial charge in [-0.25, -0.2) is 0 Å². The standard InChI is InChI=1S/C29H29NO5/c1-17-8-6-10-20(14-17)30-25(18-9-7-11-21(31)15-18)24(27(33)28(30)34)26(32)19-12-13-23(35-5)22(16-19)29(2,3)4/h6-16,25,31-32H,1-5H3/b26-24-. The zero-order chi connectivity index (χ0) is 25.5. The van der Waals surface area contributed by atoms with Crippen molar-refractivity contribution in [3.05, 3.63) is 94.6 Å². The number of amides is 1. The summed E-state index contributed by atoms with van der Waals surface area (Å²) in [5, 5.41) is 21.6. The van der Waals surface area contributed by atoms with Crippen LogP contribution in [0.5, 0.6) is 11.5 Å². The second-order valence-electron chi connectivity index (χ2n) is 9.77. The number of aromatic hydroxyl groups is 1. The van der Waals surface area contributed by atoms with Crippen molar-refractivity contribution in [1.82, 2.24) is 0 Å². The normalized spacial score (nSPS) is 17.6. The largest absolute Gasteiger partial charge is 0.508 e. The maximum Gasteiger partial charge on any atom is 0.300 e. The Balaban J connectivity index is 1.97. The van der Waals surface area contributed by atoms with Gasteiger partial charge < -0.3 is 14.9 Å². The molecule has 6 nitrogen and oxygen atoms in total. The number of carbonyl (C=O) groups excluding carboxylic acids is 2. The Morgan fingerprint density at radius 3 is 2.31 bits per heavy atom. The van der Waals surface area contributed by atoms with Crippen molar-refractivity contribution in [1.29, 1.82) is 0 Å². The van der Waals surface area contributed by atoms with Crippen LogP contribution in [0.4, 0.5) is 5.69 Å². The first-order valence-corrected chi connectivity index (χ1v) is 11.4. The molecule has 0 radical (unpaired) electrons. The van der Waals surface area contributed by atoms with E-state index in [4.69, 9.17) is 4.74 Å². The lowest BCUT2D eigenvalue weighted by atomic mass is 9.84. The van der Waals surface area contributed by atoms with Gasteiger partial charge in [0.15, 0.2) is 0 Å². The number of rotatable bonds is 4. The van der Waals surface area contributed by atoms with E-state index in [1.165, 1.54) is 17.0 Å². The number of anilines is 1. The molecule has 0 aromatic heterocycles. The topological polar surface area (TPSA) is 87.1 Å². The van der Waals surface area contributed by atoms with Crippen LogP contribution in [0.3, 0.4) is 0 Å². The molecule has 180 valence electrons. The molecular formula is C29H29NO5. The molecule has 1 aliphatic rings. The van der Waals surface area contributed by atoms with Crippen LogP contribution in [0.1, 0.15) is 49.1 Å². The van der Waals surface area contributed by atoms with Gasteiger partial charge in [-0.05, 0) is 65.9 Å². The number of carbonyl (C=O) groups is 2. The summed E-state index contributed by atoms with van der Waals surface area (Å²) < 4.78 is 5.51. The summed E-state index contributed by atoms with van der Waals surface area (Å²) in [6.07, 6.45) is 0. The molecule has 6 heteroatoms. The quantitative estimate of drug-likeness (QED) is 0.292. The third kappa shape index (κ3) is 4.39. The number of hydrogen-bond donors (Lipinski definition) is 2. The van der Waals surface area contributed by atoms with Crippen LogP contribution in [0.15, 0.2) is 72.3 Å². The summed E-state index contributed by atoms with van der Waals surface area (Å²) in [6, 6.07) is 17.9. The van der Waals surface area contributed by atoms with Gasteiger partial charge in [0.2, 0.25) is 0 Å². The summed E-state index contributed by atoms with van der Waals surface area (Å²) in [5.41, 5.74) is 2.89. The zero-order valence-electron chi connectivity index (χ0n) is 20.5. The van der Waals surface area contributed by atoms with E-state index in [2.05, 4.69) is 0 Å². The van der Waals surface area contributed by atoms with Crippen LogP contribution in [-0.2, 0) is 15.0 Å². The third-order valence-electron chi connectivity index (χ3n) is 6.19. The van der Waals surface area contributed by atoms with Gasteiger partial charge in [-0.1, -0.05) is 45.0 Å². The molecule has 1 fully saturated rings. The van der Waals surface area contributed by atoms with E-state index in [-0.39, 0.29) is 22.5 Å². The van der Waals surface area contributed by atoms with E-state index in [0.717, 1.165) is 11.1 Å². The van der Waals surface area contributed by atoms with E-state index in [1.807, 2.05) is 45.9 Å². The lowest BCUT2D eigenvalue weighted by molar-refractivity contribution is -0.132. The molecule has 1 atom stereocenters. The Morgan fingerprint density at radius 2 is 1.69 bits per heavy atom. The van der Waals surface area contributed by atoms with Crippen LogP contribution < -0.4 is 9.64 Å². The van der Waals surface area contributed by atoms with Crippen molar-refractivity contribution in [2.24, 2.45) is 0 Å². The summed E-state index contributed by atoms with van der Waals surface area (Å²) in [6.45, 7) is 7.98. The van der Waals surface area contributed by atoms with Gasteiger partial charge in [0.1, 0.15) is 17.3 Å². The fourth-order valence-electron chi connectivity index (χ4n) is 4.48. The van der Waals surface area contributed by atoms with E-state index < -0.39 is 17.7 Å². The molecule has 1 aliphatic heterocycles. The second-order valence-corrected chi connectivity index (χ2v) is 9.77. The fraction of sp³-hybridized carbons (Fsp3) is 0.241. The predicted octanol–water partition coefficient (Wildman–Crippen LogP) is 5.63. The fourth-order valence-corrected chi connectivity index (χ4v) is 4.48. The first-order chi connectivity index (χ1) is 16.5. The minimum absolute atomic E-state index is 0.00297. The zero-order valence-corrected chi connectivity index (χ0v) is 20.5. The number of benzene rings is 3. The number of aliphatic hydroxyl groups excluding tert-OH is 1. The van der Waals surface area contributed by atoms with Gasteiger partial charge in [-0.15, -0.1) is 0 Å². The van der Waals surface area contributed by atoms with Crippen molar-refractivity contribution in [2.45, 2.75) is 39.2 Å².